The molecule has 1 saturated heterocycles. The van der Waals surface area contributed by atoms with E-state index in [0.717, 1.165) is 45.3 Å². The van der Waals surface area contributed by atoms with Crippen LogP contribution in [0.5, 0.6) is 0 Å². The number of carbonyl (C=O) groups is 1. The average molecular weight is 304 g/mol. The second-order valence-electron chi connectivity index (χ2n) is 6.07. The van der Waals surface area contributed by atoms with Crippen LogP contribution in [0.4, 0.5) is 4.79 Å². The van der Waals surface area contributed by atoms with Gasteiger partial charge in [0.05, 0.1) is 6.61 Å². The predicted molar refractivity (Wildman–Crippen MR) is 88.8 cm³/mol. The number of piperidine rings is 1. The van der Waals surface area contributed by atoms with Crippen LogP contribution in [0.2, 0.25) is 0 Å². The van der Waals surface area contributed by atoms with Crippen molar-refractivity contribution in [1.82, 2.24) is 9.80 Å². The van der Waals surface area contributed by atoms with E-state index in [1.54, 1.807) is 4.90 Å². The molecule has 0 aromatic heterocycles. The third kappa shape index (κ3) is 5.02. The zero-order valence-electron chi connectivity index (χ0n) is 13.8. The van der Waals surface area contributed by atoms with E-state index < -0.39 is 0 Å². The number of likely N-dealkylation sites (tertiary alicyclic amines) is 1. The number of benzene rings is 1. The first-order valence-electron chi connectivity index (χ1n) is 8.36. The van der Waals surface area contributed by atoms with Crippen LogP contribution in [0.1, 0.15) is 38.2 Å². The number of nitrogens with zero attached hydrogens (tertiary/aromatic N) is 2. The fourth-order valence-corrected chi connectivity index (χ4v) is 2.86. The molecule has 1 aliphatic heterocycles. The summed E-state index contributed by atoms with van der Waals surface area (Å²) in [5.41, 5.74) is 1.35. The summed E-state index contributed by atoms with van der Waals surface area (Å²) in [6.07, 6.45) is 3.86. The number of amides is 1. The van der Waals surface area contributed by atoms with E-state index in [-0.39, 0.29) is 6.09 Å². The van der Waals surface area contributed by atoms with E-state index in [2.05, 4.69) is 42.2 Å². The van der Waals surface area contributed by atoms with Gasteiger partial charge in [-0.3, -0.25) is 4.90 Å². The summed E-state index contributed by atoms with van der Waals surface area (Å²) in [6, 6.07) is 10.9. The molecule has 0 atom stereocenters. The minimum atomic E-state index is -0.171. The van der Waals surface area contributed by atoms with Crippen molar-refractivity contribution in [3.05, 3.63) is 35.9 Å². The standard InChI is InChI=1S/C18H28N2O2/c1-3-4-14-22-18(21)19(2)17-10-12-20(13-11-17)15-16-8-6-5-7-9-16/h5-9,17H,3-4,10-15H2,1-2H3. The van der Waals surface area contributed by atoms with Gasteiger partial charge in [-0.05, 0) is 24.8 Å². The molecule has 0 N–H and O–H groups in total. The van der Waals surface area contributed by atoms with Crippen molar-refractivity contribution in [3.8, 4) is 0 Å². The predicted octanol–water partition coefficient (Wildman–Crippen LogP) is 3.52. The maximum atomic E-state index is 12.0. The summed E-state index contributed by atoms with van der Waals surface area (Å²) in [7, 11) is 1.87. The Morgan fingerprint density at radius 2 is 1.95 bits per heavy atom. The highest BCUT2D eigenvalue weighted by atomic mass is 16.6. The number of ether oxygens (including phenoxy) is 1. The van der Waals surface area contributed by atoms with E-state index in [1.807, 2.05) is 7.05 Å². The number of rotatable bonds is 6. The van der Waals surface area contributed by atoms with Crippen molar-refractivity contribution in [2.24, 2.45) is 0 Å². The largest absolute Gasteiger partial charge is 0.449 e. The lowest BCUT2D eigenvalue weighted by molar-refractivity contribution is 0.0749. The molecular formula is C18H28N2O2. The third-order valence-electron chi connectivity index (χ3n) is 4.37. The van der Waals surface area contributed by atoms with Crippen LogP contribution in [0.15, 0.2) is 30.3 Å². The Morgan fingerprint density at radius 3 is 2.59 bits per heavy atom. The van der Waals surface area contributed by atoms with Crippen LogP contribution in [0, 0.1) is 0 Å². The van der Waals surface area contributed by atoms with Crippen molar-refractivity contribution in [2.75, 3.05) is 26.7 Å². The second kappa shape index (κ2) is 8.79. The molecular weight excluding hydrogens is 276 g/mol. The summed E-state index contributed by atoms with van der Waals surface area (Å²) >= 11 is 0. The Morgan fingerprint density at radius 1 is 1.27 bits per heavy atom. The lowest BCUT2D eigenvalue weighted by Crippen LogP contribution is -2.45. The minimum absolute atomic E-state index is 0.171. The van der Waals surface area contributed by atoms with Crippen molar-refractivity contribution in [3.63, 3.8) is 0 Å². The Labute approximate surface area is 134 Å². The van der Waals surface area contributed by atoms with Crippen LogP contribution in [-0.2, 0) is 11.3 Å². The fraction of sp³-hybridized carbons (Fsp3) is 0.611. The lowest BCUT2D eigenvalue weighted by Gasteiger charge is -2.36. The number of unbranched alkanes of at least 4 members (excludes halogenated alkanes) is 1. The Hall–Kier alpha value is -1.55. The normalized spacial score (nSPS) is 16.5. The van der Waals surface area contributed by atoms with E-state index in [0.29, 0.717) is 12.6 Å². The number of hydrogen-bond acceptors (Lipinski definition) is 3. The van der Waals surface area contributed by atoms with Gasteiger partial charge in [0.1, 0.15) is 0 Å². The summed E-state index contributed by atoms with van der Waals surface area (Å²) < 4.78 is 5.29. The molecule has 0 unspecified atom stereocenters. The van der Waals surface area contributed by atoms with Crippen LogP contribution in [0.3, 0.4) is 0 Å². The van der Waals surface area contributed by atoms with Gasteiger partial charge >= 0.3 is 6.09 Å². The van der Waals surface area contributed by atoms with Crippen LogP contribution in [0.25, 0.3) is 0 Å². The van der Waals surface area contributed by atoms with Crippen LogP contribution >= 0.6 is 0 Å². The Bertz CT molecular complexity index is 442. The molecule has 1 aliphatic rings. The molecule has 0 saturated carbocycles. The molecule has 4 nitrogen and oxygen atoms in total. The maximum Gasteiger partial charge on any atom is 0.409 e. The van der Waals surface area contributed by atoms with E-state index in [1.165, 1.54) is 5.56 Å². The second-order valence-corrected chi connectivity index (χ2v) is 6.07. The Balaban J connectivity index is 1.73. The van der Waals surface area contributed by atoms with Crippen LogP contribution < -0.4 is 0 Å². The van der Waals surface area contributed by atoms with Crippen molar-refractivity contribution in [1.29, 1.82) is 0 Å². The highest BCUT2D eigenvalue weighted by molar-refractivity contribution is 5.67. The summed E-state index contributed by atoms with van der Waals surface area (Å²) in [5.74, 6) is 0. The smallest absolute Gasteiger partial charge is 0.409 e. The molecule has 1 amide bonds. The van der Waals surface area contributed by atoms with Gasteiger partial charge in [-0.1, -0.05) is 43.7 Å². The summed E-state index contributed by atoms with van der Waals surface area (Å²) in [5, 5.41) is 0. The highest BCUT2D eigenvalue weighted by Crippen LogP contribution is 2.18. The zero-order valence-corrected chi connectivity index (χ0v) is 13.8. The first-order valence-corrected chi connectivity index (χ1v) is 8.36. The minimum Gasteiger partial charge on any atom is -0.449 e. The molecule has 0 radical (unpaired) electrons. The van der Waals surface area contributed by atoms with E-state index in [4.69, 9.17) is 4.74 Å². The molecule has 1 heterocycles. The molecule has 22 heavy (non-hydrogen) atoms. The van der Waals surface area contributed by atoms with E-state index >= 15 is 0 Å². The molecule has 0 aliphatic carbocycles. The first kappa shape index (κ1) is 16.8. The van der Waals surface area contributed by atoms with Gasteiger partial charge in [0.25, 0.3) is 0 Å². The van der Waals surface area contributed by atoms with Gasteiger partial charge in [0.15, 0.2) is 0 Å². The molecule has 0 spiro atoms. The van der Waals surface area contributed by atoms with Crippen molar-refractivity contribution >= 4 is 6.09 Å². The average Bonchev–Trinajstić information content (AvgIpc) is 2.56. The third-order valence-corrected chi connectivity index (χ3v) is 4.37. The molecule has 4 heteroatoms. The summed E-state index contributed by atoms with van der Waals surface area (Å²) in [6.45, 7) is 5.70. The molecule has 1 fully saturated rings. The highest BCUT2D eigenvalue weighted by Gasteiger charge is 2.26. The van der Waals surface area contributed by atoms with Crippen LogP contribution in [-0.4, -0.2) is 48.7 Å². The molecule has 1 aromatic rings. The lowest BCUT2D eigenvalue weighted by atomic mass is 10.0. The fourth-order valence-electron chi connectivity index (χ4n) is 2.86. The first-order chi connectivity index (χ1) is 10.7. The van der Waals surface area contributed by atoms with Gasteiger partial charge in [0.2, 0.25) is 0 Å². The number of carbonyl (C=O) groups excluding carboxylic acids is 1. The Kier molecular flexibility index (Phi) is 6.72. The number of hydrogen-bond donors (Lipinski definition) is 0. The van der Waals surface area contributed by atoms with Crippen molar-refractivity contribution < 1.29 is 9.53 Å². The molecule has 0 bridgehead atoms. The van der Waals surface area contributed by atoms with Gasteiger partial charge in [0, 0.05) is 32.7 Å². The van der Waals surface area contributed by atoms with Crippen molar-refractivity contribution in [2.45, 2.75) is 45.2 Å². The van der Waals surface area contributed by atoms with Gasteiger partial charge in [-0.15, -0.1) is 0 Å². The molecule has 1 aromatic carbocycles. The zero-order chi connectivity index (χ0) is 15.8. The summed E-state index contributed by atoms with van der Waals surface area (Å²) in [4.78, 5) is 16.2. The SMILES string of the molecule is CCCCOC(=O)N(C)C1CCN(Cc2ccccc2)CC1. The molecule has 122 valence electrons. The van der Waals surface area contributed by atoms with Gasteiger partial charge in [-0.2, -0.15) is 0 Å². The monoisotopic (exact) mass is 304 g/mol. The molecule has 2 rings (SSSR count). The quantitative estimate of drug-likeness (QED) is 0.754. The van der Waals surface area contributed by atoms with Gasteiger partial charge in [-0.25, -0.2) is 4.79 Å². The van der Waals surface area contributed by atoms with Gasteiger partial charge < -0.3 is 9.64 Å². The topological polar surface area (TPSA) is 32.8 Å². The maximum absolute atomic E-state index is 12.0. The van der Waals surface area contributed by atoms with E-state index in [9.17, 15) is 4.79 Å².